The predicted octanol–water partition coefficient (Wildman–Crippen LogP) is -0.226. The van der Waals surface area contributed by atoms with Gasteiger partial charge in [-0.1, -0.05) is 6.92 Å². The molecule has 2 heterocycles. The summed E-state index contributed by atoms with van der Waals surface area (Å²) >= 11 is 0. The maximum atomic E-state index is 11.1. The lowest BCUT2D eigenvalue weighted by Gasteiger charge is -2.01. The van der Waals surface area contributed by atoms with Crippen molar-refractivity contribution in [2.45, 2.75) is 13.3 Å². The van der Waals surface area contributed by atoms with Gasteiger partial charge >= 0.3 is 5.97 Å². The third-order valence-electron chi connectivity index (χ3n) is 1.82. The molecule has 0 aliphatic carbocycles. The van der Waals surface area contributed by atoms with Crippen LogP contribution >= 0.6 is 0 Å². The number of carbonyl (C=O) groups is 1. The van der Waals surface area contributed by atoms with Crippen LogP contribution in [0.1, 0.15) is 13.3 Å². The Kier molecular flexibility index (Phi) is 2.20. The van der Waals surface area contributed by atoms with E-state index in [1.807, 2.05) is 0 Å². The average Bonchev–Trinajstić information content (AvgIpc) is 2.63. The van der Waals surface area contributed by atoms with Gasteiger partial charge in [-0.3, -0.25) is 0 Å². The summed E-state index contributed by atoms with van der Waals surface area (Å²) in [4.78, 5) is 27.6. The van der Waals surface area contributed by atoms with Crippen molar-refractivity contribution in [1.82, 2.24) is 19.7 Å². The second-order valence-electron chi connectivity index (χ2n) is 2.82. The Balaban J connectivity index is 2.45. The number of carbonyl (C=O) groups excluding carboxylic acids is 1. The summed E-state index contributed by atoms with van der Waals surface area (Å²) in [6.45, 7) is 1.70. The largest absolute Gasteiger partial charge is 0.382 e. The molecule has 0 aliphatic heterocycles. The number of nitrogen functional groups attached to an aromatic ring is 1. The van der Waals surface area contributed by atoms with Gasteiger partial charge in [-0.2, -0.15) is 0 Å². The molecule has 0 spiro atoms. The monoisotopic (exact) mass is 207 g/mol. The lowest BCUT2D eigenvalue weighted by atomic mass is 10.5. The van der Waals surface area contributed by atoms with Crippen LogP contribution < -0.4 is 10.6 Å². The van der Waals surface area contributed by atoms with Gasteiger partial charge in [0.05, 0.1) is 0 Å². The summed E-state index contributed by atoms with van der Waals surface area (Å²) in [6, 6.07) is 0. The summed E-state index contributed by atoms with van der Waals surface area (Å²) in [5.41, 5.74) is 6.36. The first-order valence-electron chi connectivity index (χ1n) is 4.37. The number of nitrogens with zero attached hydrogens (tertiary/aromatic N) is 4. The van der Waals surface area contributed by atoms with E-state index in [0.29, 0.717) is 11.2 Å². The molecule has 78 valence electrons. The number of rotatable bonds is 2. The molecule has 2 aromatic heterocycles. The van der Waals surface area contributed by atoms with Crippen LogP contribution in [0, 0.1) is 0 Å². The minimum atomic E-state index is -0.369. The van der Waals surface area contributed by atoms with E-state index in [1.54, 1.807) is 6.92 Å². The van der Waals surface area contributed by atoms with E-state index in [9.17, 15) is 4.79 Å². The number of aromatic nitrogens is 4. The number of hydrogen-bond acceptors (Lipinski definition) is 6. The van der Waals surface area contributed by atoms with Crippen LogP contribution in [0.15, 0.2) is 12.7 Å². The van der Waals surface area contributed by atoms with Crippen LogP contribution in [0.25, 0.3) is 11.2 Å². The van der Waals surface area contributed by atoms with E-state index in [0.717, 1.165) is 0 Å². The summed E-state index contributed by atoms with van der Waals surface area (Å²) < 4.78 is 1.18. The highest BCUT2D eigenvalue weighted by Gasteiger charge is 2.10. The maximum Gasteiger partial charge on any atom is 0.332 e. The zero-order chi connectivity index (χ0) is 10.8. The Morgan fingerprint density at radius 1 is 1.53 bits per heavy atom. The van der Waals surface area contributed by atoms with Crippen LogP contribution in [0.2, 0.25) is 0 Å². The SMILES string of the molecule is CCC(=O)On1cnc2c(N)ncnc21. The highest BCUT2D eigenvalue weighted by molar-refractivity contribution is 5.81. The van der Waals surface area contributed by atoms with Crippen molar-refractivity contribution in [3.8, 4) is 0 Å². The first kappa shape index (κ1) is 9.38. The molecule has 0 fully saturated rings. The summed E-state index contributed by atoms with van der Waals surface area (Å²) in [5.74, 6) is -0.113. The van der Waals surface area contributed by atoms with Crippen LogP contribution in [-0.4, -0.2) is 25.7 Å². The summed E-state index contributed by atoms with van der Waals surface area (Å²) in [6.07, 6.45) is 2.90. The number of hydrogen-bond donors (Lipinski definition) is 1. The molecule has 0 aromatic carbocycles. The van der Waals surface area contributed by atoms with E-state index in [1.165, 1.54) is 17.4 Å². The van der Waals surface area contributed by atoms with Gasteiger partial charge in [-0.05, 0) is 0 Å². The average molecular weight is 207 g/mol. The Hall–Kier alpha value is -2.18. The lowest BCUT2D eigenvalue weighted by molar-refractivity contribution is -0.143. The van der Waals surface area contributed by atoms with Gasteiger partial charge in [-0.15, -0.1) is 4.73 Å². The highest BCUT2D eigenvalue weighted by atomic mass is 16.7. The van der Waals surface area contributed by atoms with E-state index >= 15 is 0 Å². The third kappa shape index (κ3) is 1.58. The van der Waals surface area contributed by atoms with E-state index in [4.69, 9.17) is 10.6 Å². The van der Waals surface area contributed by atoms with Gasteiger partial charge in [0.2, 0.25) is 5.65 Å². The Labute approximate surface area is 84.9 Å². The second-order valence-corrected chi connectivity index (χ2v) is 2.82. The minimum absolute atomic E-state index is 0.256. The molecule has 0 saturated heterocycles. The van der Waals surface area contributed by atoms with Gasteiger partial charge < -0.3 is 10.6 Å². The predicted molar refractivity (Wildman–Crippen MR) is 51.6 cm³/mol. The fraction of sp³-hybridized carbons (Fsp3) is 0.250. The summed E-state index contributed by atoms with van der Waals surface area (Å²) in [5, 5.41) is 0. The molecule has 0 radical (unpaired) electrons. The quantitative estimate of drug-likeness (QED) is 0.730. The Morgan fingerprint density at radius 3 is 3.07 bits per heavy atom. The van der Waals surface area contributed by atoms with Gasteiger partial charge in [0.1, 0.15) is 12.7 Å². The Morgan fingerprint density at radius 2 is 2.33 bits per heavy atom. The van der Waals surface area contributed by atoms with Gasteiger partial charge in [0.25, 0.3) is 0 Å². The van der Waals surface area contributed by atoms with Crippen LogP contribution in [0.5, 0.6) is 0 Å². The smallest absolute Gasteiger partial charge is 0.332 e. The van der Waals surface area contributed by atoms with Crippen molar-refractivity contribution < 1.29 is 9.63 Å². The number of anilines is 1. The fourth-order valence-electron chi connectivity index (χ4n) is 1.07. The minimum Gasteiger partial charge on any atom is -0.382 e. The Bertz CT molecular complexity index is 507. The van der Waals surface area contributed by atoms with Crippen molar-refractivity contribution in [2.75, 3.05) is 5.73 Å². The first-order chi connectivity index (χ1) is 7.22. The van der Waals surface area contributed by atoms with Crippen LogP contribution in [0.3, 0.4) is 0 Å². The summed E-state index contributed by atoms with van der Waals surface area (Å²) in [7, 11) is 0. The van der Waals surface area contributed by atoms with Crippen LogP contribution in [-0.2, 0) is 4.79 Å². The molecule has 7 nitrogen and oxygen atoms in total. The third-order valence-corrected chi connectivity index (χ3v) is 1.82. The number of nitrogens with two attached hydrogens (primary N) is 1. The molecule has 15 heavy (non-hydrogen) atoms. The number of fused-ring (bicyclic) bond motifs is 1. The fourth-order valence-corrected chi connectivity index (χ4v) is 1.07. The topological polar surface area (TPSA) is 95.9 Å². The standard InChI is InChI=1S/C8H9N5O2/c1-2-5(14)15-13-4-12-6-7(9)10-3-11-8(6)13/h3-4H,2H2,1H3,(H2,9,10,11). The normalized spacial score (nSPS) is 10.5. The molecule has 0 atom stereocenters. The van der Waals surface area contributed by atoms with E-state index < -0.39 is 0 Å². The van der Waals surface area contributed by atoms with Crippen molar-refractivity contribution >= 4 is 23.0 Å². The van der Waals surface area contributed by atoms with Gasteiger partial charge in [0.15, 0.2) is 11.3 Å². The molecular weight excluding hydrogens is 198 g/mol. The van der Waals surface area contributed by atoms with Crippen molar-refractivity contribution in [1.29, 1.82) is 0 Å². The maximum absolute atomic E-state index is 11.1. The highest BCUT2D eigenvalue weighted by Crippen LogP contribution is 2.12. The van der Waals surface area contributed by atoms with E-state index in [2.05, 4.69) is 15.0 Å². The zero-order valence-corrected chi connectivity index (χ0v) is 8.04. The molecule has 0 bridgehead atoms. The van der Waals surface area contributed by atoms with Crippen molar-refractivity contribution in [3.05, 3.63) is 12.7 Å². The van der Waals surface area contributed by atoms with Gasteiger partial charge in [-0.25, -0.2) is 19.7 Å². The molecule has 0 amide bonds. The number of imidazole rings is 1. The lowest BCUT2D eigenvalue weighted by Crippen LogP contribution is -2.18. The molecule has 7 heteroatoms. The molecule has 0 aliphatic rings. The second kappa shape index (κ2) is 3.52. The molecule has 0 unspecified atom stereocenters. The molecule has 0 saturated carbocycles. The van der Waals surface area contributed by atoms with Crippen molar-refractivity contribution in [2.24, 2.45) is 0 Å². The zero-order valence-electron chi connectivity index (χ0n) is 8.04. The van der Waals surface area contributed by atoms with E-state index in [-0.39, 0.29) is 18.2 Å². The van der Waals surface area contributed by atoms with Crippen LogP contribution in [0.4, 0.5) is 5.82 Å². The molecular formula is C8H9N5O2. The van der Waals surface area contributed by atoms with Gasteiger partial charge in [0, 0.05) is 6.42 Å². The first-order valence-corrected chi connectivity index (χ1v) is 4.37. The van der Waals surface area contributed by atoms with Crippen molar-refractivity contribution in [3.63, 3.8) is 0 Å². The molecule has 2 N–H and O–H groups in total. The molecule has 2 rings (SSSR count). The molecule has 2 aromatic rings.